The third-order valence-electron chi connectivity index (χ3n) is 3.61. The van der Waals surface area contributed by atoms with Crippen LogP contribution in [0.4, 0.5) is 5.69 Å². The first-order chi connectivity index (χ1) is 10.8. The maximum Gasteiger partial charge on any atom is 0.292 e. The number of nitrogens with one attached hydrogen (secondary N) is 1. The number of hydrogen-bond donors (Lipinski definition) is 1. The SMILES string of the molecule is CCc1ccccc1NC(=O)C[n+]1cc2ccccc2cn1. The second-order valence-corrected chi connectivity index (χ2v) is 5.16. The number of benzene rings is 2. The second kappa shape index (κ2) is 6.35. The minimum absolute atomic E-state index is 0.0753. The Morgan fingerprint density at radius 3 is 2.64 bits per heavy atom. The molecule has 110 valence electrons. The molecule has 3 rings (SSSR count). The van der Waals surface area contributed by atoms with Gasteiger partial charge in [-0.2, -0.15) is 0 Å². The maximum absolute atomic E-state index is 12.2. The largest absolute Gasteiger partial charge is 0.320 e. The molecule has 1 N–H and O–H groups in total. The highest BCUT2D eigenvalue weighted by Gasteiger charge is 2.13. The van der Waals surface area contributed by atoms with Crippen molar-refractivity contribution in [1.29, 1.82) is 0 Å². The van der Waals surface area contributed by atoms with E-state index in [0.29, 0.717) is 0 Å². The summed E-state index contributed by atoms with van der Waals surface area (Å²) in [4.78, 5) is 12.2. The van der Waals surface area contributed by atoms with Crippen LogP contribution in [0.3, 0.4) is 0 Å². The summed E-state index contributed by atoms with van der Waals surface area (Å²) in [5.74, 6) is -0.0753. The summed E-state index contributed by atoms with van der Waals surface area (Å²) < 4.78 is 1.66. The Labute approximate surface area is 129 Å². The fourth-order valence-electron chi connectivity index (χ4n) is 2.45. The number of hydrogen-bond acceptors (Lipinski definition) is 2. The van der Waals surface area contributed by atoms with E-state index in [-0.39, 0.29) is 12.5 Å². The van der Waals surface area contributed by atoms with Crippen molar-refractivity contribution in [2.24, 2.45) is 0 Å². The van der Waals surface area contributed by atoms with E-state index in [2.05, 4.69) is 17.3 Å². The molecule has 0 aliphatic carbocycles. The highest BCUT2D eigenvalue weighted by Crippen LogP contribution is 2.15. The summed E-state index contributed by atoms with van der Waals surface area (Å²) in [6.07, 6.45) is 4.56. The molecule has 0 spiro atoms. The van der Waals surface area contributed by atoms with E-state index in [1.165, 1.54) is 0 Å². The van der Waals surface area contributed by atoms with Crippen LogP contribution in [-0.4, -0.2) is 11.0 Å². The van der Waals surface area contributed by atoms with Crippen molar-refractivity contribution in [2.45, 2.75) is 19.9 Å². The summed E-state index contributed by atoms with van der Waals surface area (Å²) in [6.45, 7) is 2.27. The van der Waals surface area contributed by atoms with Gasteiger partial charge in [0.25, 0.3) is 12.5 Å². The number of para-hydroxylation sites is 1. The van der Waals surface area contributed by atoms with Gasteiger partial charge in [0.15, 0.2) is 0 Å². The zero-order valence-electron chi connectivity index (χ0n) is 12.5. The van der Waals surface area contributed by atoms with Crippen molar-refractivity contribution in [3.8, 4) is 0 Å². The van der Waals surface area contributed by atoms with Gasteiger partial charge >= 0.3 is 0 Å². The summed E-state index contributed by atoms with van der Waals surface area (Å²) in [6, 6.07) is 15.8. The molecule has 4 nitrogen and oxygen atoms in total. The average Bonchev–Trinajstić information content (AvgIpc) is 2.55. The normalized spacial score (nSPS) is 10.6. The Bertz CT molecular complexity index is 814. The molecule has 0 atom stereocenters. The van der Waals surface area contributed by atoms with E-state index >= 15 is 0 Å². The molecule has 3 aromatic rings. The number of fused-ring (bicyclic) bond motifs is 1. The Hall–Kier alpha value is -2.75. The molecule has 4 heteroatoms. The fourth-order valence-corrected chi connectivity index (χ4v) is 2.45. The summed E-state index contributed by atoms with van der Waals surface area (Å²) >= 11 is 0. The number of carbonyl (C=O) groups is 1. The number of aromatic nitrogens is 2. The summed E-state index contributed by atoms with van der Waals surface area (Å²) in [7, 11) is 0. The van der Waals surface area contributed by atoms with Crippen LogP contribution in [-0.2, 0) is 17.8 Å². The minimum atomic E-state index is -0.0753. The zero-order chi connectivity index (χ0) is 15.4. The molecule has 0 bridgehead atoms. The minimum Gasteiger partial charge on any atom is -0.320 e. The van der Waals surface area contributed by atoms with Crippen molar-refractivity contribution >= 4 is 22.4 Å². The van der Waals surface area contributed by atoms with Gasteiger partial charge in [0.2, 0.25) is 6.20 Å². The fraction of sp³-hybridized carbons (Fsp3) is 0.167. The molecule has 1 amide bonds. The molecule has 1 aromatic heterocycles. The zero-order valence-corrected chi connectivity index (χ0v) is 12.5. The van der Waals surface area contributed by atoms with E-state index < -0.39 is 0 Å². The van der Waals surface area contributed by atoms with E-state index in [1.807, 2.05) is 54.7 Å². The van der Waals surface area contributed by atoms with Crippen molar-refractivity contribution < 1.29 is 9.48 Å². The summed E-state index contributed by atoms with van der Waals surface area (Å²) in [5, 5.41) is 9.38. The molecule has 0 aliphatic rings. The Morgan fingerprint density at radius 2 is 1.82 bits per heavy atom. The first-order valence-electron chi connectivity index (χ1n) is 7.38. The highest BCUT2D eigenvalue weighted by molar-refractivity contribution is 5.90. The number of rotatable bonds is 4. The highest BCUT2D eigenvalue weighted by atomic mass is 16.2. The van der Waals surface area contributed by atoms with Gasteiger partial charge in [0.1, 0.15) is 6.20 Å². The van der Waals surface area contributed by atoms with Crippen LogP contribution in [0.5, 0.6) is 0 Å². The number of nitrogens with zero attached hydrogens (tertiary/aromatic N) is 2. The van der Waals surface area contributed by atoms with Crippen molar-refractivity contribution in [1.82, 2.24) is 5.10 Å². The molecule has 0 aliphatic heterocycles. The van der Waals surface area contributed by atoms with Crippen LogP contribution >= 0.6 is 0 Å². The second-order valence-electron chi connectivity index (χ2n) is 5.16. The standard InChI is InChI=1S/C18H17N3O/c1-2-14-7-5-6-10-17(14)20-18(22)13-21-12-16-9-4-3-8-15(16)11-19-21/h3-12H,2,13H2,1H3/p+1. The van der Waals surface area contributed by atoms with Crippen molar-refractivity contribution in [2.75, 3.05) is 5.32 Å². The predicted octanol–water partition coefficient (Wildman–Crippen LogP) is 2.72. The van der Waals surface area contributed by atoms with Gasteiger partial charge in [0.05, 0.1) is 0 Å². The topological polar surface area (TPSA) is 45.9 Å². The van der Waals surface area contributed by atoms with Crippen molar-refractivity contribution in [3.05, 3.63) is 66.5 Å². The third kappa shape index (κ3) is 3.11. The molecular formula is C18H18N3O+. The molecule has 0 unspecified atom stereocenters. The van der Waals surface area contributed by atoms with Gasteiger partial charge < -0.3 is 5.32 Å². The van der Waals surface area contributed by atoms with Gasteiger partial charge in [-0.15, -0.1) is 0 Å². The van der Waals surface area contributed by atoms with Gasteiger partial charge in [-0.1, -0.05) is 48.0 Å². The Morgan fingerprint density at radius 1 is 1.09 bits per heavy atom. The van der Waals surface area contributed by atoms with E-state index in [1.54, 1.807) is 10.9 Å². The average molecular weight is 292 g/mol. The number of amides is 1. The third-order valence-corrected chi connectivity index (χ3v) is 3.61. The number of anilines is 1. The first-order valence-corrected chi connectivity index (χ1v) is 7.38. The lowest BCUT2D eigenvalue weighted by molar-refractivity contribution is -0.740. The van der Waals surface area contributed by atoms with Crippen LogP contribution < -0.4 is 10.00 Å². The van der Waals surface area contributed by atoms with Crippen LogP contribution in [0.25, 0.3) is 10.8 Å². The van der Waals surface area contributed by atoms with Gasteiger partial charge in [0, 0.05) is 16.5 Å². The molecule has 1 heterocycles. The van der Waals surface area contributed by atoms with E-state index in [9.17, 15) is 4.79 Å². The lowest BCUT2D eigenvalue weighted by Crippen LogP contribution is -2.43. The molecule has 0 saturated heterocycles. The Kier molecular flexibility index (Phi) is 4.10. The molecular weight excluding hydrogens is 274 g/mol. The first kappa shape index (κ1) is 14.2. The Balaban J connectivity index is 1.75. The van der Waals surface area contributed by atoms with Crippen LogP contribution in [0.2, 0.25) is 0 Å². The number of carbonyl (C=O) groups excluding carboxylic acids is 1. The van der Waals surface area contributed by atoms with Crippen LogP contribution in [0, 0.1) is 0 Å². The van der Waals surface area contributed by atoms with E-state index in [4.69, 9.17) is 0 Å². The monoisotopic (exact) mass is 292 g/mol. The molecule has 0 saturated carbocycles. The van der Waals surface area contributed by atoms with Gasteiger partial charge in [-0.3, -0.25) is 4.79 Å². The summed E-state index contributed by atoms with van der Waals surface area (Å²) in [5.41, 5.74) is 2.00. The molecule has 22 heavy (non-hydrogen) atoms. The molecule has 2 aromatic carbocycles. The smallest absolute Gasteiger partial charge is 0.292 e. The number of aryl methyl sites for hydroxylation is 1. The molecule has 0 fully saturated rings. The molecule has 0 radical (unpaired) electrons. The van der Waals surface area contributed by atoms with Crippen LogP contribution in [0.15, 0.2) is 60.9 Å². The van der Waals surface area contributed by atoms with E-state index in [0.717, 1.165) is 28.4 Å². The lowest BCUT2D eigenvalue weighted by atomic mass is 10.1. The quantitative estimate of drug-likeness (QED) is 0.752. The maximum atomic E-state index is 12.2. The predicted molar refractivity (Wildman–Crippen MR) is 86.4 cm³/mol. The van der Waals surface area contributed by atoms with Crippen molar-refractivity contribution in [3.63, 3.8) is 0 Å². The van der Waals surface area contributed by atoms with Crippen LogP contribution in [0.1, 0.15) is 12.5 Å². The lowest BCUT2D eigenvalue weighted by Gasteiger charge is -2.07. The van der Waals surface area contributed by atoms with Gasteiger partial charge in [-0.05, 0) is 29.2 Å². The van der Waals surface area contributed by atoms with Gasteiger partial charge in [-0.25, -0.2) is 0 Å².